The largest absolute Gasteiger partial charge is 0.452 e. The molecule has 4 rings (SSSR count). The average Bonchev–Trinajstić information content (AvgIpc) is 3.24. The minimum Gasteiger partial charge on any atom is -0.452 e. The van der Waals surface area contributed by atoms with Gasteiger partial charge in [-0.15, -0.1) is 0 Å². The lowest BCUT2D eigenvalue weighted by molar-refractivity contribution is -0.137. The second kappa shape index (κ2) is 13.3. The maximum absolute atomic E-state index is 13.0. The number of nitrogens with one attached hydrogen (secondary N) is 1. The third-order valence-electron chi connectivity index (χ3n) is 6.49. The maximum Gasteiger partial charge on any atom is 0.311 e. The second-order valence-corrected chi connectivity index (χ2v) is 9.92. The molecule has 0 fully saturated rings. The fourth-order valence-electron chi connectivity index (χ4n) is 4.35. The van der Waals surface area contributed by atoms with Gasteiger partial charge in [-0.2, -0.15) is 0 Å². The lowest BCUT2D eigenvalue weighted by Crippen LogP contribution is -2.32. The third-order valence-corrected chi connectivity index (χ3v) is 6.79. The van der Waals surface area contributed by atoms with E-state index in [2.05, 4.69) is 17.2 Å². The molecule has 11 heteroatoms. The van der Waals surface area contributed by atoms with Gasteiger partial charge in [0.25, 0.3) is 17.7 Å². The molecule has 210 valence electrons. The van der Waals surface area contributed by atoms with Crippen molar-refractivity contribution in [2.45, 2.75) is 58.3 Å². The zero-order chi connectivity index (χ0) is 28.6. The first-order chi connectivity index (χ1) is 19.3. The molecule has 0 aromatic heterocycles. The Morgan fingerprint density at radius 3 is 2.50 bits per heavy atom. The summed E-state index contributed by atoms with van der Waals surface area (Å²) in [6.07, 6.45) is 8.63. The van der Waals surface area contributed by atoms with Crippen LogP contribution >= 0.6 is 11.6 Å². The van der Waals surface area contributed by atoms with Crippen molar-refractivity contribution >= 4 is 46.4 Å². The van der Waals surface area contributed by atoms with E-state index >= 15 is 0 Å². The molecule has 1 N–H and O–H groups in total. The van der Waals surface area contributed by atoms with E-state index in [1.807, 2.05) is 0 Å². The molecule has 0 saturated carbocycles. The van der Waals surface area contributed by atoms with Crippen LogP contribution in [0.4, 0.5) is 0 Å². The van der Waals surface area contributed by atoms with Crippen LogP contribution in [0.2, 0.25) is 5.02 Å². The molecule has 1 aromatic carbocycles. The smallest absolute Gasteiger partial charge is 0.311 e. The van der Waals surface area contributed by atoms with Crippen molar-refractivity contribution in [3.05, 3.63) is 57.2 Å². The van der Waals surface area contributed by atoms with Gasteiger partial charge in [-0.1, -0.05) is 44.2 Å². The highest BCUT2D eigenvalue weighted by molar-refractivity contribution is 6.32. The van der Waals surface area contributed by atoms with E-state index in [1.165, 1.54) is 36.4 Å². The number of benzene rings is 2. The van der Waals surface area contributed by atoms with E-state index in [0.717, 1.165) is 37.0 Å². The van der Waals surface area contributed by atoms with E-state index in [1.54, 1.807) is 0 Å². The molecule has 40 heavy (non-hydrogen) atoms. The first kappa shape index (κ1) is 28.9. The van der Waals surface area contributed by atoms with E-state index in [-0.39, 0.29) is 64.7 Å². The van der Waals surface area contributed by atoms with Crippen LogP contribution in [0.3, 0.4) is 0 Å². The number of carbonyl (C=O) groups excluding carboxylic acids is 4. The van der Waals surface area contributed by atoms with Gasteiger partial charge in [0.05, 0.1) is 5.02 Å². The van der Waals surface area contributed by atoms with Crippen LogP contribution in [0.5, 0.6) is 5.75 Å². The van der Waals surface area contributed by atoms with Crippen LogP contribution in [-0.2, 0) is 14.4 Å². The molecule has 3 aliphatic rings. The van der Waals surface area contributed by atoms with Gasteiger partial charge in [-0.3, -0.25) is 28.9 Å². The topological polar surface area (TPSA) is 136 Å². The van der Waals surface area contributed by atoms with Crippen LogP contribution < -0.4 is 15.5 Å². The monoisotopic (exact) mass is 567 g/mol. The number of amides is 3. The Labute approximate surface area is 235 Å². The summed E-state index contributed by atoms with van der Waals surface area (Å²) in [6, 6.07) is 5.62. The lowest BCUT2D eigenvalue weighted by atomic mass is 10.1. The Hall–Kier alpha value is -4.05. The average molecular weight is 568 g/mol. The standard InChI is InChI=1S/C29H30ClN3O7/c1-2-3-4-5-6-9-26(37)39-22-17-23-20(16-18(22)30)32-19-10-11-21(34)27(28(19)40-23)29(38)31-14-7-8-15-33-24(35)12-13-25(33)36/h10-13,16-17H,2-9,14-15H2,1H3,(H,31,38). The van der Waals surface area contributed by atoms with Gasteiger partial charge in [-0.25, -0.2) is 4.98 Å². The number of carbonyl (C=O) groups is 4. The zero-order valence-electron chi connectivity index (χ0n) is 22.2. The predicted octanol–water partition coefficient (Wildman–Crippen LogP) is 4.65. The Kier molecular flexibility index (Phi) is 9.65. The Morgan fingerprint density at radius 1 is 1.00 bits per heavy atom. The molecular formula is C29H30ClN3O7. The predicted molar refractivity (Wildman–Crippen MR) is 148 cm³/mol. The van der Waals surface area contributed by atoms with Crippen LogP contribution in [-0.4, -0.2) is 46.7 Å². The molecule has 1 aliphatic carbocycles. The summed E-state index contributed by atoms with van der Waals surface area (Å²) in [4.78, 5) is 66.8. The van der Waals surface area contributed by atoms with E-state index in [9.17, 15) is 24.0 Å². The number of ether oxygens (including phenoxy) is 1. The molecule has 0 atom stereocenters. The molecular weight excluding hydrogens is 538 g/mol. The van der Waals surface area contributed by atoms with E-state index < -0.39 is 17.3 Å². The lowest BCUT2D eigenvalue weighted by Gasteiger charge is -2.14. The van der Waals surface area contributed by atoms with Gasteiger partial charge >= 0.3 is 5.97 Å². The highest BCUT2D eigenvalue weighted by Gasteiger charge is 2.24. The van der Waals surface area contributed by atoms with Crippen molar-refractivity contribution in [1.82, 2.24) is 15.2 Å². The fraction of sp³-hybridized carbons (Fsp3) is 0.379. The van der Waals surface area contributed by atoms with Gasteiger partial charge in [-0.05, 0) is 37.5 Å². The molecule has 3 amide bonds. The molecule has 1 aromatic rings. The van der Waals surface area contributed by atoms with Crippen molar-refractivity contribution < 1.29 is 28.3 Å². The van der Waals surface area contributed by atoms with Crippen LogP contribution in [0.1, 0.15) is 68.6 Å². The van der Waals surface area contributed by atoms with Crippen LogP contribution in [0.15, 0.2) is 45.6 Å². The molecule has 10 nitrogen and oxygen atoms in total. The van der Waals surface area contributed by atoms with Gasteiger partial charge in [0.1, 0.15) is 16.8 Å². The van der Waals surface area contributed by atoms with Crippen molar-refractivity contribution in [3.8, 4) is 17.2 Å². The molecule has 0 radical (unpaired) electrons. The van der Waals surface area contributed by atoms with Crippen LogP contribution in [0.25, 0.3) is 22.6 Å². The maximum atomic E-state index is 13.0. The molecule has 0 bridgehead atoms. The summed E-state index contributed by atoms with van der Waals surface area (Å²) in [5.41, 5.74) is 0.0846. The number of hydrogen-bond acceptors (Lipinski definition) is 8. The zero-order valence-corrected chi connectivity index (χ0v) is 22.9. The molecule has 0 unspecified atom stereocenters. The number of halogens is 1. The quantitative estimate of drug-likeness (QED) is 0.104. The number of esters is 1. The van der Waals surface area contributed by atoms with Crippen LogP contribution in [0, 0.1) is 0 Å². The number of fused-ring (bicyclic) bond motifs is 2. The number of nitrogens with zero attached hydrogens (tertiary/aromatic N) is 2. The SMILES string of the molecule is CCCCCCCC(=O)Oc1cc2oc3c(C(=O)NCCCCN4C(=O)C=CC4=O)c(=O)ccc-3nc2cc1Cl. The summed E-state index contributed by atoms with van der Waals surface area (Å²) < 4.78 is 11.4. The van der Waals surface area contributed by atoms with Crippen molar-refractivity contribution in [3.63, 3.8) is 0 Å². The van der Waals surface area contributed by atoms with Crippen molar-refractivity contribution in [1.29, 1.82) is 0 Å². The van der Waals surface area contributed by atoms with Gasteiger partial charge in [0, 0.05) is 37.7 Å². The summed E-state index contributed by atoms with van der Waals surface area (Å²) in [6.45, 7) is 2.58. The summed E-state index contributed by atoms with van der Waals surface area (Å²) >= 11 is 6.33. The summed E-state index contributed by atoms with van der Waals surface area (Å²) in [5, 5.41) is 2.87. The second-order valence-electron chi connectivity index (χ2n) is 9.51. The van der Waals surface area contributed by atoms with Crippen molar-refractivity contribution in [2.75, 3.05) is 13.1 Å². The Morgan fingerprint density at radius 2 is 1.75 bits per heavy atom. The highest BCUT2D eigenvalue weighted by atomic mass is 35.5. The number of imide groups is 1. The summed E-state index contributed by atoms with van der Waals surface area (Å²) in [5.74, 6) is -1.67. The molecule has 2 aliphatic heterocycles. The first-order valence-corrected chi connectivity index (χ1v) is 13.8. The van der Waals surface area contributed by atoms with E-state index in [0.29, 0.717) is 18.4 Å². The van der Waals surface area contributed by atoms with Gasteiger partial charge < -0.3 is 14.5 Å². The number of aromatic nitrogens is 1. The van der Waals surface area contributed by atoms with E-state index in [4.69, 9.17) is 20.8 Å². The Balaban J connectivity index is 1.45. The minimum absolute atomic E-state index is 0.00708. The number of rotatable bonds is 13. The third kappa shape index (κ3) is 6.93. The first-order valence-electron chi connectivity index (χ1n) is 13.4. The number of hydrogen-bond donors (Lipinski definition) is 1. The minimum atomic E-state index is -0.640. The van der Waals surface area contributed by atoms with Crippen molar-refractivity contribution in [2.24, 2.45) is 0 Å². The normalized spacial score (nSPS) is 13.0. The molecule has 0 saturated heterocycles. The number of unbranched alkanes of at least 4 members (excludes halogenated alkanes) is 5. The van der Waals surface area contributed by atoms with Gasteiger partial charge in [0.15, 0.2) is 22.5 Å². The highest BCUT2D eigenvalue weighted by Crippen LogP contribution is 2.33. The molecule has 0 spiro atoms. The summed E-state index contributed by atoms with van der Waals surface area (Å²) in [7, 11) is 0. The molecule has 2 heterocycles. The fourth-order valence-corrected chi connectivity index (χ4v) is 4.55. The van der Waals surface area contributed by atoms with Gasteiger partial charge in [0.2, 0.25) is 0 Å². The Bertz CT molecular complexity index is 1480.